The molecule has 0 fully saturated rings. The molecule has 0 saturated heterocycles. The van der Waals surface area contributed by atoms with E-state index in [4.69, 9.17) is 16.9 Å². The Labute approximate surface area is 87.4 Å². The van der Waals surface area contributed by atoms with E-state index in [1.165, 1.54) is 0 Å². The highest BCUT2D eigenvalue weighted by Crippen LogP contribution is 2.00. The van der Waals surface area contributed by atoms with Crippen molar-refractivity contribution >= 4 is 0 Å². The molecule has 0 rings (SSSR count). The molecule has 2 atom stereocenters. The second kappa shape index (κ2) is 9.01. The Morgan fingerprint density at radius 3 is 2.71 bits per heavy atom. The third-order valence-electron chi connectivity index (χ3n) is 2.17. The Kier molecular flexibility index (Phi) is 8.65. The van der Waals surface area contributed by atoms with Gasteiger partial charge in [-0.25, -0.2) is 0 Å². The van der Waals surface area contributed by atoms with Gasteiger partial charge in [0.05, 0.1) is 12.6 Å². The van der Waals surface area contributed by atoms with Crippen molar-refractivity contribution in [3.63, 3.8) is 0 Å². The number of hydrogen-bond donors (Lipinski definition) is 2. The molecule has 0 heterocycles. The van der Waals surface area contributed by atoms with Crippen LogP contribution in [0.5, 0.6) is 0 Å². The van der Waals surface area contributed by atoms with Crippen molar-refractivity contribution in [2.75, 3.05) is 20.3 Å². The molecule has 82 valence electrons. The Bertz CT molecular complexity index is 165. The number of methoxy groups -OCH3 is 1. The second-order valence-electron chi connectivity index (χ2n) is 3.38. The largest absolute Gasteiger partial charge is 0.383 e. The summed E-state index contributed by atoms with van der Waals surface area (Å²) in [6, 6.07) is 0.470. The number of nitrogens with two attached hydrogens (primary N) is 1. The molecule has 0 bridgehead atoms. The monoisotopic (exact) mass is 198 g/mol. The Balaban J connectivity index is 3.87. The van der Waals surface area contributed by atoms with Gasteiger partial charge in [-0.2, -0.15) is 0 Å². The molecule has 0 saturated carbocycles. The van der Waals surface area contributed by atoms with Crippen LogP contribution in [0.2, 0.25) is 0 Å². The molecule has 0 aromatic heterocycles. The first kappa shape index (κ1) is 13.4. The van der Waals surface area contributed by atoms with Crippen LogP contribution in [0.1, 0.15) is 26.2 Å². The predicted octanol–water partition coefficient (Wildman–Crippen LogP) is 0.742. The fourth-order valence-electron chi connectivity index (χ4n) is 1.35. The van der Waals surface area contributed by atoms with Crippen LogP contribution < -0.4 is 11.1 Å². The Morgan fingerprint density at radius 1 is 1.57 bits per heavy atom. The van der Waals surface area contributed by atoms with Gasteiger partial charge in [-0.1, -0.05) is 12.8 Å². The van der Waals surface area contributed by atoms with Crippen LogP contribution >= 0.6 is 0 Å². The average molecular weight is 198 g/mol. The molecule has 0 aliphatic carbocycles. The molecule has 3 nitrogen and oxygen atoms in total. The van der Waals surface area contributed by atoms with Crippen LogP contribution in [0.15, 0.2) is 0 Å². The molecule has 0 aliphatic rings. The highest BCUT2D eigenvalue weighted by Gasteiger charge is 2.11. The summed E-state index contributed by atoms with van der Waals surface area (Å²) in [5, 5.41) is 3.37. The van der Waals surface area contributed by atoms with Gasteiger partial charge in [0.2, 0.25) is 0 Å². The maximum atomic E-state index is 5.46. The van der Waals surface area contributed by atoms with Crippen LogP contribution in [0.25, 0.3) is 0 Å². The molecular weight excluding hydrogens is 176 g/mol. The van der Waals surface area contributed by atoms with Gasteiger partial charge in [0.1, 0.15) is 0 Å². The molecule has 0 aliphatic heterocycles. The zero-order valence-electron chi connectivity index (χ0n) is 9.25. The third kappa shape index (κ3) is 5.98. The molecule has 0 spiro atoms. The number of terminal acetylenes is 1. The highest BCUT2D eigenvalue weighted by atomic mass is 16.5. The van der Waals surface area contributed by atoms with E-state index in [0.717, 1.165) is 25.8 Å². The van der Waals surface area contributed by atoms with Crippen molar-refractivity contribution in [2.45, 2.75) is 38.3 Å². The van der Waals surface area contributed by atoms with Gasteiger partial charge in [-0.05, 0) is 25.8 Å². The first-order chi connectivity index (χ1) is 6.78. The summed E-state index contributed by atoms with van der Waals surface area (Å²) >= 11 is 0. The maximum Gasteiger partial charge on any atom is 0.0687 e. The molecular formula is C11H22N2O. The number of rotatable bonds is 8. The SMILES string of the molecule is C#CC(CC)NC(CCCN)COC. The second-order valence-corrected chi connectivity index (χ2v) is 3.38. The van der Waals surface area contributed by atoms with Crippen LogP contribution in [0, 0.1) is 12.3 Å². The van der Waals surface area contributed by atoms with Crippen molar-refractivity contribution in [3.05, 3.63) is 0 Å². The normalized spacial score (nSPS) is 14.7. The molecule has 0 aromatic rings. The minimum Gasteiger partial charge on any atom is -0.383 e. The van der Waals surface area contributed by atoms with E-state index in [0.29, 0.717) is 12.6 Å². The summed E-state index contributed by atoms with van der Waals surface area (Å²) in [7, 11) is 1.70. The topological polar surface area (TPSA) is 47.3 Å². The minimum absolute atomic E-state index is 0.146. The van der Waals surface area contributed by atoms with Crippen LogP contribution in [0.3, 0.4) is 0 Å². The lowest BCUT2D eigenvalue weighted by Gasteiger charge is -2.21. The van der Waals surface area contributed by atoms with Gasteiger partial charge >= 0.3 is 0 Å². The van der Waals surface area contributed by atoms with Crippen LogP contribution in [-0.4, -0.2) is 32.3 Å². The summed E-state index contributed by atoms with van der Waals surface area (Å²) < 4.78 is 5.12. The van der Waals surface area contributed by atoms with E-state index in [9.17, 15) is 0 Å². The standard InChI is InChI=1S/C11H22N2O/c1-4-10(5-2)13-11(9-14-3)7-6-8-12/h1,10-11,13H,5-9,12H2,2-3H3. The van der Waals surface area contributed by atoms with E-state index < -0.39 is 0 Å². The molecule has 0 amide bonds. The van der Waals surface area contributed by atoms with Gasteiger partial charge in [0.25, 0.3) is 0 Å². The highest BCUT2D eigenvalue weighted by molar-refractivity contribution is 4.99. The fourth-order valence-corrected chi connectivity index (χ4v) is 1.35. The van der Waals surface area contributed by atoms with E-state index in [1.807, 2.05) is 0 Å². The first-order valence-corrected chi connectivity index (χ1v) is 5.19. The summed E-state index contributed by atoms with van der Waals surface area (Å²) in [4.78, 5) is 0. The third-order valence-corrected chi connectivity index (χ3v) is 2.17. The van der Waals surface area contributed by atoms with Crippen LogP contribution in [-0.2, 0) is 4.74 Å². The quantitative estimate of drug-likeness (QED) is 0.566. The van der Waals surface area contributed by atoms with Crippen LogP contribution in [0.4, 0.5) is 0 Å². The molecule has 2 unspecified atom stereocenters. The van der Waals surface area contributed by atoms with E-state index >= 15 is 0 Å². The van der Waals surface area contributed by atoms with Gasteiger partial charge in [-0.3, -0.25) is 5.32 Å². The molecule has 14 heavy (non-hydrogen) atoms. The lowest BCUT2D eigenvalue weighted by molar-refractivity contribution is 0.158. The number of nitrogens with one attached hydrogen (secondary N) is 1. The fraction of sp³-hybridized carbons (Fsp3) is 0.818. The molecule has 3 heteroatoms. The molecule has 3 N–H and O–H groups in total. The van der Waals surface area contributed by atoms with Gasteiger partial charge < -0.3 is 10.5 Å². The lowest BCUT2D eigenvalue weighted by atomic mass is 10.1. The minimum atomic E-state index is 0.146. The van der Waals surface area contributed by atoms with Crippen molar-refractivity contribution in [2.24, 2.45) is 5.73 Å². The smallest absolute Gasteiger partial charge is 0.0687 e. The first-order valence-electron chi connectivity index (χ1n) is 5.19. The zero-order valence-corrected chi connectivity index (χ0v) is 9.25. The number of ether oxygens (including phenoxy) is 1. The zero-order chi connectivity index (χ0) is 10.8. The maximum absolute atomic E-state index is 5.46. The average Bonchev–Trinajstić information content (AvgIpc) is 2.22. The van der Waals surface area contributed by atoms with Gasteiger partial charge in [-0.15, -0.1) is 6.42 Å². The van der Waals surface area contributed by atoms with E-state index in [-0.39, 0.29) is 6.04 Å². The Morgan fingerprint density at radius 2 is 2.29 bits per heavy atom. The predicted molar refractivity (Wildman–Crippen MR) is 60.0 cm³/mol. The van der Waals surface area contributed by atoms with Gasteiger partial charge in [0.15, 0.2) is 0 Å². The summed E-state index contributed by atoms with van der Waals surface area (Å²) in [5.41, 5.74) is 5.46. The van der Waals surface area contributed by atoms with Crippen molar-refractivity contribution < 1.29 is 4.74 Å². The molecule has 0 radical (unpaired) electrons. The van der Waals surface area contributed by atoms with Crippen molar-refractivity contribution in [1.29, 1.82) is 0 Å². The summed E-state index contributed by atoms with van der Waals surface area (Å²) in [6.07, 6.45) is 8.34. The van der Waals surface area contributed by atoms with Crippen molar-refractivity contribution in [1.82, 2.24) is 5.32 Å². The van der Waals surface area contributed by atoms with Gasteiger partial charge in [0, 0.05) is 13.2 Å². The van der Waals surface area contributed by atoms with E-state index in [1.54, 1.807) is 7.11 Å². The summed E-state index contributed by atoms with van der Waals surface area (Å²) in [6.45, 7) is 3.48. The number of hydrogen-bond acceptors (Lipinski definition) is 3. The van der Waals surface area contributed by atoms with E-state index in [2.05, 4.69) is 18.2 Å². The molecule has 0 aromatic carbocycles. The summed E-state index contributed by atoms with van der Waals surface area (Å²) in [5.74, 6) is 2.72. The Hall–Kier alpha value is -0.560. The lowest BCUT2D eigenvalue weighted by Crippen LogP contribution is -2.40. The van der Waals surface area contributed by atoms with Crippen molar-refractivity contribution in [3.8, 4) is 12.3 Å².